The van der Waals surface area contributed by atoms with Crippen molar-refractivity contribution in [2.75, 3.05) is 20.3 Å². The zero-order valence-electron chi connectivity index (χ0n) is 14.2. The highest BCUT2D eigenvalue weighted by Crippen LogP contribution is 2.28. The van der Waals surface area contributed by atoms with Gasteiger partial charge in [-0.05, 0) is 43.9 Å². The summed E-state index contributed by atoms with van der Waals surface area (Å²) in [5, 5.41) is 12.7. The molecule has 1 fully saturated rings. The number of hydrogen-bond acceptors (Lipinski definition) is 5. The third-order valence-electron chi connectivity index (χ3n) is 4.38. The van der Waals surface area contributed by atoms with Crippen molar-refractivity contribution in [2.45, 2.75) is 38.7 Å². The van der Waals surface area contributed by atoms with E-state index < -0.39 is 6.10 Å². The molecule has 2 rings (SSSR count). The van der Waals surface area contributed by atoms with E-state index in [0.717, 1.165) is 25.7 Å². The van der Waals surface area contributed by atoms with Crippen LogP contribution >= 0.6 is 0 Å². The largest absolute Gasteiger partial charge is 0.493 e. The average molecular weight is 335 g/mol. The monoisotopic (exact) mass is 335 g/mol. The molecule has 1 aliphatic rings. The Kier molecular flexibility index (Phi) is 6.61. The number of hydrogen-bond donors (Lipinski definition) is 2. The number of carbonyl (C=O) groups is 2. The van der Waals surface area contributed by atoms with Crippen LogP contribution in [0.25, 0.3) is 0 Å². The van der Waals surface area contributed by atoms with Gasteiger partial charge in [0.15, 0.2) is 23.9 Å². The van der Waals surface area contributed by atoms with E-state index in [1.807, 2.05) is 0 Å². The lowest BCUT2D eigenvalue weighted by molar-refractivity contribution is -0.123. The smallest absolute Gasteiger partial charge is 0.258 e. The Labute approximate surface area is 142 Å². The number of ether oxygens (including phenoxy) is 2. The molecule has 0 radical (unpaired) electrons. The van der Waals surface area contributed by atoms with E-state index in [1.165, 1.54) is 14.0 Å². The Hall–Kier alpha value is -2.08. The molecule has 24 heavy (non-hydrogen) atoms. The second kappa shape index (κ2) is 8.68. The first-order valence-electron chi connectivity index (χ1n) is 8.27. The van der Waals surface area contributed by atoms with Crippen molar-refractivity contribution >= 4 is 11.7 Å². The van der Waals surface area contributed by atoms with E-state index in [4.69, 9.17) is 9.47 Å². The molecule has 0 spiro atoms. The summed E-state index contributed by atoms with van der Waals surface area (Å²) >= 11 is 0. The van der Waals surface area contributed by atoms with Crippen LogP contribution in [0, 0.1) is 5.92 Å². The Morgan fingerprint density at radius 3 is 2.62 bits per heavy atom. The molecular weight excluding hydrogens is 310 g/mol. The summed E-state index contributed by atoms with van der Waals surface area (Å²) in [6.07, 6.45) is 3.84. The van der Waals surface area contributed by atoms with Crippen LogP contribution in [0.2, 0.25) is 0 Å². The van der Waals surface area contributed by atoms with Gasteiger partial charge in [-0.1, -0.05) is 12.8 Å². The van der Waals surface area contributed by atoms with Crippen LogP contribution in [0.5, 0.6) is 11.5 Å². The number of carbonyl (C=O) groups excluding carboxylic acids is 2. The molecule has 0 saturated heterocycles. The Bertz CT molecular complexity index is 581. The summed E-state index contributed by atoms with van der Waals surface area (Å²) in [5.41, 5.74) is 0.517. The molecule has 6 heteroatoms. The second-order valence-electron chi connectivity index (χ2n) is 6.13. The Morgan fingerprint density at radius 1 is 1.29 bits per heavy atom. The fourth-order valence-corrected chi connectivity index (χ4v) is 2.93. The van der Waals surface area contributed by atoms with Crippen LogP contribution in [0.1, 0.15) is 43.0 Å². The first kappa shape index (κ1) is 18.3. The Balaban J connectivity index is 1.81. The standard InChI is InChI=1S/C18H25NO5/c1-12(20)14-7-8-16(17(9-14)23-2)24-11-18(22)19-10-15(21)13-5-3-4-6-13/h7-9,13,15,21H,3-6,10-11H2,1-2H3,(H,19,22)/t15-/m1/s1. The van der Waals surface area contributed by atoms with Crippen molar-refractivity contribution < 1.29 is 24.2 Å². The van der Waals surface area contributed by atoms with Crippen LogP contribution in [0.4, 0.5) is 0 Å². The maximum atomic E-state index is 11.9. The third-order valence-corrected chi connectivity index (χ3v) is 4.38. The predicted octanol–water partition coefficient (Wildman–Crippen LogP) is 1.94. The van der Waals surface area contributed by atoms with Gasteiger partial charge in [0.2, 0.25) is 0 Å². The number of amides is 1. The molecule has 0 aromatic heterocycles. The van der Waals surface area contributed by atoms with Gasteiger partial charge in [-0.25, -0.2) is 0 Å². The molecule has 1 saturated carbocycles. The molecule has 2 N–H and O–H groups in total. The summed E-state index contributed by atoms with van der Waals surface area (Å²) in [5.74, 6) is 0.712. The number of Topliss-reactive ketones (excluding diaryl/α,β-unsaturated/α-hetero) is 1. The number of ketones is 1. The first-order chi connectivity index (χ1) is 11.5. The quantitative estimate of drug-likeness (QED) is 0.709. The fraction of sp³-hybridized carbons (Fsp3) is 0.556. The number of aliphatic hydroxyl groups excluding tert-OH is 1. The maximum absolute atomic E-state index is 11.9. The molecule has 1 amide bonds. The highest BCUT2D eigenvalue weighted by molar-refractivity contribution is 5.94. The first-order valence-corrected chi connectivity index (χ1v) is 8.27. The normalized spacial score (nSPS) is 15.8. The van der Waals surface area contributed by atoms with Crippen molar-refractivity contribution in [3.8, 4) is 11.5 Å². The molecule has 6 nitrogen and oxygen atoms in total. The molecule has 0 heterocycles. The van der Waals surface area contributed by atoms with Gasteiger partial charge in [0, 0.05) is 12.1 Å². The zero-order chi connectivity index (χ0) is 17.5. The SMILES string of the molecule is COc1cc(C(C)=O)ccc1OCC(=O)NC[C@@H](O)C1CCCC1. The van der Waals surface area contributed by atoms with E-state index in [9.17, 15) is 14.7 Å². The zero-order valence-corrected chi connectivity index (χ0v) is 14.2. The number of aliphatic hydroxyl groups is 1. The van der Waals surface area contributed by atoms with Gasteiger partial charge in [0.1, 0.15) is 0 Å². The minimum Gasteiger partial charge on any atom is -0.493 e. The molecule has 0 unspecified atom stereocenters. The van der Waals surface area contributed by atoms with E-state index in [-0.39, 0.29) is 30.8 Å². The van der Waals surface area contributed by atoms with Gasteiger partial charge < -0.3 is 19.9 Å². The summed E-state index contributed by atoms with van der Waals surface area (Å²) in [7, 11) is 1.48. The predicted molar refractivity (Wildman–Crippen MR) is 89.5 cm³/mol. The van der Waals surface area contributed by atoms with Crippen molar-refractivity contribution in [1.82, 2.24) is 5.32 Å². The number of nitrogens with one attached hydrogen (secondary N) is 1. The van der Waals surface area contributed by atoms with Gasteiger partial charge in [0.25, 0.3) is 5.91 Å². The van der Waals surface area contributed by atoms with Crippen molar-refractivity contribution in [3.63, 3.8) is 0 Å². The lowest BCUT2D eigenvalue weighted by Crippen LogP contribution is -2.37. The summed E-state index contributed by atoms with van der Waals surface area (Å²) < 4.78 is 10.6. The van der Waals surface area contributed by atoms with Crippen molar-refractivity contribution in [3.05, 3.63) is 23.8 Å². The van der Waals surface area contributed by atoms with Crippen LogP contribution in [0.3, 0.4) is 0 Å². The average Bonchev–Trinajstić information content (AvgIpc) is 3.12. The molecule has 132 valence electrons. The minimum absolute atomic E-state index is 0.0708. The second-order valence-corrected chi connectivity index (χ2v) is 6.13. The van der Waals surface area contributed by atoms with Gasteiger partial charge >= 0.3 is 0 Å². The van der Waals surface area contributed by atoms with Gasteiger partial charge in [-0.3, -0.25) is 9.59 Å². The van der Waals surface area contributed by atoms with E-state index >= 15 is 0 Å². The number of benzene rings is 1. The summed E-state index contributed by atoms with van der Waals surface area (Å²) in [4.78, 5) is 23.2. The van der Waals surface area contributed by atoms with Gasteiger partial charge in [-0.15, -0.1) is 0 Å². The molecule has 1 aromatic carbocycles. The van der Waals surface area contributed by atoms with E-state index in [0.29, 0.717) is 17.1 Å². The summed E-state index contributed by atoms with van der Waals surface area (Å²) in [6.45, 7) is 1.54. The van der Waals surface area contributed by atoms with E-state index in [2.05, 4.69) is 5.32 Å². The van der Waals surface area contributed by atoms with Gasteiger partial charge in [0.05, 0.1) is 13.2 Å². The fourth-order valence-electron chi connectivity index (χ4n) is 2.93. The molecule has 0 aliphatic heterocycles. The van der Waals surface area contributed by atoms with Crippen LogP contribution in [-0.2, 0) is 4.79 Å². The van der Waals surface area contributed by atoms with E-state index in [1.54, 1.807) is 18.2 Å². The van der Waals surface area contributed by atoms with Crippen LogP contribution < -0.4 is 14.8 Å². The van der Waals surface area contributed by atoms with Crippen molar-refractivity contribution in [2.24, 2.45) is 5.92 Å². The number of methoxy groups -OCH3 is 1. The highest BCUT2D eigenvalue weighted by atomic mass is 16.5. The third kappa shape index (κ3) is 4.96. The lowest BCUT2D eigenvalue weighted by atomic mass is 10.0. The molecular formula is C18H25NO5. The van der Waals surface area contributed by atoms with Crippen LogP contribution in [-0.4, -0.2) is 43.2 Å². The summed E-state index contributed by atoms with van der Waals surface area (Å²) in [6, 6.07) is 4.82. The topological polar surface area (TPSA) is 84.9 Å². The maximum Gasteiger partial charge on any atom is 0.258 e. The molecule has 1 atom stereocenters. The Morgan fingerprint density at radius 2 is 2.00 bits per heavy atom. The molecule has 0 bridgehead atoms. The van der Waals surface area contributed by atoms with Crippen molar-refractivity contribution in [1.29, 1.82) is 0 Å². The lowest BCUT2D eigenvalue weighted by Gasteiger charge is -2.18. The highest BCUT2D eigenvalue weighted by Gasteiger charge is 2.23. The molecule has 1 aliphatic carbocycles. The van der Waals surface area contributed by atoms with Crippen LogP contribution in [0.15, 0.2) is 18.2 Å². The molecule has 1 aromatic rings. The minimum atomic E-state index is -0.499. The number of rotatable bonds is 8. The van der Waals surface area contributed by atoms with Gasteiger partial charge in [-0.2, -0.15) is 0 Å².